The summed E-state index contributed by atoms with van der Waals surface area (Å²) in [5.74, 6) is 1.20. The van der Waals surface area contributed by atoms with Crippen LogP contribution in [0.15, 0.2) is 40.8 Å². The first kappa shape index (κ1) is 14.8. The van der Waals surface area contributed by atoms with Gasteiger partial charge < -0.3 is 19.7 Å². The number of hydrogen-bond donors (Lipinski definition) is 2. The quantitative estimate of drug-likeness (QED) is 0.885. The number of hydrogen-bond acceptors (Lipinski definition) is 4. The lowest BCUT2D eigenvalue weighted by atomic mass is 10.1. The molecule has 1 saturated heterocycles. The average Bonchev–Trinajstić information content (AvgIpc) is 2.78. The second-order valence-electron chi connectivity index (χ2n) is 5.57. The highest BCUT2D eigenvalue weighted by molar-refractivity contribution is 5.99. The maximum absolute atomic E-state index is 12.8. The first-order chi connectivity index (χ1) is 10.6. The Morgan fingerprint density at radius 2 is 2.14 bits per heavy atom. The van der Waals surface area contributed by atoms with Crippen molar-refractivity contribution < 1.29 is 14.3 Å². The van der Waals surface area contributed by atoms with E-state index in [1.54, 1.807) is 11.0 Å². The lowest BCUT2D eigenvalue weighted by molar-refractivity contribution is 0.0673. The highest BCUT2D eigenvalue weighted by atomic mass is 16.3. The van der Waals surface area contributed by atoms with E-state index in [1.165, 1.54) is 0 Å². The van der Waals surface area contributed by atoms with Gasteiger partial charge in [0.25, 0.3) is 5.91 Å². The smallest absolute Gasteiger partial charge is 0.257 e. The topological polar surface area (TPSA) is 65.7 Å². The number of benzene rings is 1. The second kappa shape index (κ2) is 6.34. The molecule has 2 N–H and O–H groups in total. The number of carbonyl (C=O) groups excluding carboxylic acids is 1. The van der Waals surface area contributed by atoms with E-state index in [1.807, 2.05) is 37.3 Å². The number of rotatable bonds is 2. The fourth-order valence-electron chi connectivity index (χ4n) is 2.72. The molecule has 5 heteroatoms. The summed E-state index contributed by atoms with van der Waals surface area (Å²) in [6, 6.07) is 11.4. The van der Waals surface area contributed by atoms with Crippen molar-refractivity contribution in [3.8, 4) is 11.3 Å². The number of amides is 1. The molecule has 0 spiro atoms. The third-order valence-corrected chi connectivity index (χ3v) is 3.78. The summed E-state index contributed by atoms with van der Waals surface area (Å²) in [5, 5.41) is 13.0. The predicted octanol–water partition coefficient (Wildman–Crippen LogP) is 1.66. The van der Waals surface area contributed by atoms with Crippen LogP contribution < -0.4 is 5.32 Å². The second-order valence-corrected chi connectivity index (χ2v) is 5.57. The molecule has 1 atom stereocenters. The SMILES string of the molecule is Cc1cc(C(=O)N2CCNC[C@@H](O)C2)c(-c2ccccc2)o1. The Kier molecular flexibility index (Phi) is 4.27. The van der Waals surface area contributed by atoms with Crippen molar-refractivity contribution in [2.24, 2.45) is 0 Å². The summed E-state index contributed by atoms with van der Waals surface area (Å²) in [5.41, 5.74) is 1.44. The maximum Gasteiger partial charge on any atom is 0.257 e. The van der Waals surface area contributed by atoms with Gasteiger partial charge in [0, 0.05) is 31.7 Å². The fourth-order valence-corrected chi connectivity index (χ4v) is 2.72. The Bertz CT molecular complexity index is 651. The number of β-amino-alcohol motifs (C(OH)–C–C–N with tert-alkyl or cyclic N) is 1. The molecule has 0 aliphatic carbocycles. The Morgan fingerprint density at radius 3 is 2.91 bits per heavy atom. The van der Waals surface area contributed by atoms with Gasteiger partial charge in [-0.15, -0.1) is 0 Å². The van der Waals surface area contributed by atoms with Crippen LogP contribution in [0.3, 0.4) is 0 Å². The first-order valence-corrected chi connectivity index (χ1v) is 7.49. The number of carbonyl (C=O) groups is 1. The van der Waals surface area contributed by atoms with Gasteiger partial charge in [-0.05, 0) is 13.0 Å². The molecule has 0 saturated carbocycles. The van der Waals surface area contributed by atoms with Crippen molar-refractivity contribution in [3.63, 3.8) is 0 Å². The molecule has 1 fully saturated rings. The molecular formula is C17H20N2O3. The highest BCUT2D eigenvalue weighted by Gasteiger charge is 2.26. The fraction of sp³-hybridized carbons (Fsp3) is 0.353. The van der Waals surface area contributed by atoms with Crippen LogP contribution in [0.2, 0.25) is 0 Å². The molecule has 5 nitrogen and oxygen atoms in total. The molecule has 0 radical (unpaired) electrons. The van der Waals surface area contributed by atoms with E-state index in [2.05, 4.69) is 5.32 Å². The molecule has 1 amide bonds. The van der Waals surface area contributed by atoms with Crippen LogP contribution in [0.25, 0.3) is 11.3 Å². The zero-order valence-corrected chi connectivity index (χ0v) is 12.6. The van der Waals surface area contributed by atoms with E-state index in [0.717, 1.165) is 5.56 Å². The highest BCUT2D eigenvalue weighted by Crippen LogP contribution is 2.28. The Hall–Kier alpha value is -2.11. The van der Waals surface area contributed by atoms with Crippen molar-refractivity contribution in [1.82, 2.24) is 10.2 Å². The number of furan rings is 1. The molecule has 0 unspecified atom stereocenters. The van der Waals surface area contributed by atoms with Crippen molar-refractivity contribution in [3.05, 3.63) is 47.7 Å². The van der Waals surface area contributed by atoms with Crippen LogP contribution in [0, 0.1) is 6.92 Å². The van der Waals surface area contributed by atoms with Crippen molar-refractivity contribution >= 4 is 5.91 Å². The minimum atomic E-state index is -0.542. The van der Waals surface area contributed by atoms with Crippen LogP contribution in [-0.2, 0) is 0 Å². The molecule has 1 aliphatic rings. The zero-order chi connectivity index (χ0) is 15.5. The van der Waals surface area contributed by atoms with Gasteiger partial charge in [0.1, 0.15) is 11.5 Å². The number of aryl methyl sites for hydroxylation is 1. The van der Waals surface area contributed by atoms with Gasteiger partial charge in [-0.1, -0.05) is 30.3 Å². The summed E-state index contributed by atoms with van der Waals surface area (Å²) in [6.07, 6.45) is -0.542. The minimum Gasteiger partial charge on any atom is -0.461 e. The number of nitrogens with one attached hydrogen (secondary N) is 1. The average molecular weight is 300 g/mol. The standard InChI is InChI=1S/C17H20N2O3/c1-12-9-15(16(22-12)13-5-3-2-4-6-13)17(21)19-8-7-18-10-14(20)11-19/h2-6,9,14,18,20H,7-8,10-11H2,1H3/t14-/m1/s1. The molecule has 1 aromatic heterocycles. The van der Waals surface area contributed by atoms with Gasteiger partial charge in [-0.25, -0.2) is 0 Å². The van der Waals surface area contributed by atoms with E-state index in [9.17, 15) is 9.90 Å². The molecule has 1 aliphatic heterocycles. The van der Waals surface area contributed by atoms with Gasteiger partial charge in [0.15, 0.2) is 0 Å². The molecule has 1 aromatic carbocycles. The lowest BCUT2D eigenvalue weighted by Gasteiger charge is -2.21. The molecular weight excluding hydrogens is 280 g/mol. The first-order valence-electron chi connectivity index (χ1n) is 7.49. The van der Waals surface area contributed by atoms with Crippen molar-refractivity contribution in [1.29, 1.82) is 0 Å². The Labute approximate surface area is 129 Å². The maximum atomic E-state index is 12.8. The third-order valence-electron chi connectivity index (χ3n) is 3.78. The van der Waals surface area contributed by atoms with Gasteiger partial charge in [0.05, 0.1) is 11.7 Å². The number of aliphatic hydroxyl groups is 1. The molecule has 2 aromatic rings. The van der Waals surface area contributed by atoms with Crippen LogP contribution in [0.5, 0.6) is 0 Å². The molecule has 116 valence electrons. The third kappa shape index (κ3) is 3.05. The van der Waals surface area contributed by atoms with Crippen LogP contribution in [0.4, 0.5) is 0 Å². The summed E-state index contributed by atoms with van der Waals surface area (Å²) in [4.78, 5) is 14.5. The Balaban J connectivity index is 1.92. The van der Waals surface area contributed by atoms with E-state index in [0.29, 0.717) is 43.3 Å². The molecule has 3 rings (SSSR count). The van der Waals surface area contributed by atoms with E-state index < -0.39 is 6.10 Å². The molecule has 2 heterocycles. The summed E-state index contributed by atoms with van der Waals surface area (Å²) in [7, 11) is 0. The number of nitrogens with zero attached hydrogens (tertiary/aromatic N) is 1. The van der Waals surface area contributed by atoms with E-state index >= 15 is 0 Å². The van der Waals surface area contributed by atoms with E-state index in [4.69, 9.17) is 4.42 Å². The van der Waals surface area contributed by atoms with Gasteiger partial charge in [-0.3, -0.25) is 4.79 Å². The van der Waals surface area contributed by atoms with Crippen LogP contribution >= 0.6 is 0 Å². The summed E-state index contributed by atoms with van der Waals surface area (Å²) in [6.45, 7) is 3.95. The minimum absolute atomic E-state index is 0.0987. The van der Waals surface area contributed by atoms with Gasteiger partial charge >= 0.3 is 0 Å². The van der Waals surface area contributed by atoms with Crippen molar-refractivity contribution in [2.75, 3.05) is 26.2 Å². The van der Waals surface area contributed by atoms with Crippen LogP contribution in [0.1, 0.15) is 16.1 Å². The largest absolute Gasteiger partial charge is 0.461 e. The van der Waals surface area contributed by atoms with Gasteiger partial charge in [0.2, 0.25) is 0 Å². The monoisotopic (exact) mass is 300 g/mol. The molecule has 22 heavy (non-hydrogen) atoms. The number of aliphatic hydroxyl groups excluding tert-OH is 1. The van der Waals surface area contributed by atoms with Crippen molar-refractivity contribution in [2.45, 2.75) is 13.0 Å². The lowest BCUT2D eigenvalue weighted by Crippen LogP contribution is -2.37. The van der Waals surface area contributed by atoms with E-state index in [-0.39, 0.29) is 5.91 Å². The predicted molar refractivity (Wildman–Crippen MR) is 83.7 cm³/mol. The summed E-state index contributed by atoms with van der Waals surface area (Å²) < 4.78 is 5.75. The van der Waals surface area contributed by atoms with Crippen LogP contribution in [-0.4, -0.2) is 48.2 Å². The zero-order valence-electron chi connectivity index (χ0n) is 12.6. The molecule has 0 bridgehead atoms. The Morgan fingerprint density at radius 1 is 1.36 bits per heavy atom. The van der Waals surface area contributed by atoms with Gasteiger partial charge in [-0.2, -0.15) is 0 Å². The summed E-state index contributed by atoms with van der Waals surface area (Å²) >= 11 is 0. The normalized spacial score (nSPS) is 19.0.